The molecule has 2 aromatic rings. The van der Waals surface area contributed by atoms with E-state index in [2.05, 4.69) is 14.7 Å². The molecule has 0 aliphatic rings. The molecule has 1 aromatic carbocycles. The Labute approximate surface area is 104 Å². The van der Waals surface area contributed by atoms with E-state index in [1.165, 1.54) is 6.92 Å². The van der Waals surface area contributed by atoms with Gasteiger partial charge in [-0.15, -0.1) is 0 Å². The second-order valence-electron chi connectivity index (χ2n) is 3.80. The maximum absolute atomic E-state index is 13.8. The first-order valence-electron chi connectivity index (χ1n) is 5.18. The first kappa shape index (κ1) is 13.5. The van der Waals surface area contributed by atoms with Crippen LogP contribution in [0.15, 0.2) is 22.7 Å². The van der Waals surface area contributed by atoms with E-state index in [4.69, 9.17) is 0 Å². The summed E-state index contributed by atoms with van der Waals surface area (Å²) >= 11 is 0. The summed E-state index contributed by atoms with van der Waals surface area (Å²) in [6.07, 6.45) is -5.88. The Hall–Kier alpha value is -1.96. The van der Waals surface area contributed by atoms with Crippen molar-refractivity contribution in [3.8, 4) is 11.5 Å². The Morgan fingerprint density at radius 3 is 2.53 bits per heavy atom. The van der Waals surface area contributed by atoms with Crippen LogP contribution in [0.5, 0.6) is 0 Å². The first-order valence-corrected chi connectivity index (χ1v) is 5.18. The minimum Gasteiger partial charge on any atom is -0.385 e. The molecular weight excluding hydrogens is 268 g/mol. The summed E-state index contributed by atoms with van der Waals surface area (Å²) in [6, 6.07) is 2.74. The summed E-state index contributed by atoms with van der Waals surface area (Å²) in [6.45, 7) is 1.34. The lowest BCUT2D eigenvalue weighted by atomic mass is 10.1. The molecule has 1 N–H and O–H groups in total. The van der Waals surface area contributed by atoms with Crippen LogP contribution in [0.25, 0.3) is 11.5 Å². The van der Waals surface area contributed by atoms with Gasteiger partial charge in [0.05, 0.1) is 11.1 Å². The summed E-state index contributed by atoms with van der Waals surface area (Å²) < 4.78 is 56.0. The van der Waals surface area contributed by atoms with Crippen molar-refractivity contribution in [2.24, 2.45) is 0 Å². The maximum Gasteiger partial charge on any atom is 0.419 e. The van der Waals surface area contributed by atoms with Gasteiger partial charge in [-0.1, -0.05) is 11.2 Å². The summed E-state index contributed by atoms with van der Waals surface area (Å²) in [5.41, 5.74) is -1.88. The van der Waals surface area contributed by atoms with Crippen LogP contribution >= 0.6 is 0 Å². The van der Waals surface area contributed by atoms with Crippen molar-refractivity contribution in [2.45, 2.75) is 19.2 Å². The maximum atomic E-state index is 13.8. The Balaban J connectivity index is 2.51. The molecule has 0 aliphatic carbocycles. The number of aliphatic hydroxyl groups is 1. The summed E-state index contributed by atoms with van der Waals surface area (Å²) in [5, 5.41) is 12.5. The molecule has 1 atom stereocenters. The third-order valence-corrected chi connectivity index (χ3v) is 2.35. The van der Waals surface area contributed by atoms with Gasteiger partial charge in [0, 0.05) is 0 Å². The number of hydrogen-bond donors (Lipinski definition) is 1. The van der Waals surface area contributed by atoms with Crippen molar-refractivity contribution in [1.82, 2.24) is 10.1 Å². The molecule has 102 valence electrons. The molecule has 0 saturated heterocycles. The number of benzene rings is 1. The average Bonchev–Trinajstić information content (AvgIpc) is 2.77. The fraction of sp³-hybridized carbons (Fsp3) is 0.273. The normalized spacial score (nSPS) is 13.6. The van der Waals surface area contributed by atoms with Gasteiger partial charge >= 0.3 is 6.18 Å². The van der Waals surface area contributed by atoms with Gasteiger partial charge in [-0.2, -0.15) is 18.2 Å². The number of aliphatic hydroxyl groups excluding tert-OH is 1. The second kappa shape index (κ2) is 4.61. The van der Waals surface area contributed by atoms with Crippen LogP contribution in [-0.2, 0) is 6.18 Å². The van der Waals surface area contributed by atoms with E-state index in [-0.39, 0.29) is 5.82 Å². The molecule has 0 fully saturated rings. The van der Waals surface area contributed by atoms with Crippen molar-refractivity contribution >= 4 is 0 Å². The van der Waals surface area contributed by atoms with Gasteiger partial charge in [-0.3, -0.25) is 0 Å². The first-order chi connectivity index (χ1) is 8.80. The van der Waals surface area contributed by atoms with Gasteiger partial charge in [-0.05, 0) is 19.1 Å². The highest BCUT2D eigenvalue weighted by Crippen LogP contribution is 2.35. The second-order valence-corrected chi connectivity index (χ2v) is 3.80. The summed E-state index contributed by atoms with van der Waals surface area (Å²) in [7, 11) is 0. The molecule has 0 radical (unpaired) electrons. The topological polar surface area (TPSA) is 59.2 Å². The van der Waals surface area contributed by atoms with Crippen molar-refractivity contribution in [2.75, 3.05) is 0 Å². The molecule has 1 unspecified atom stereocenters. The standard InChI is InChI=1S/C11H8F4N2O2/c1-5(18)9-16-10(19-17-9)6-3-2-4-7(8(6)12)11(13,14)15/h2-5,18H,1H3. The quantitative estimate of drug-likeness (QED) is 0.857. The van der Waals surface area contributed by atoms with Crippen molar-refractivity contribution in [3.05, 3.63) is 35.4 Å². The zero-order chi connectivity index (χ0) is 14.2. The predicted molar refractivity (Wildman–Crippen MR) is 55.3 cm³/mol. The van der Waals surface area contributed by atoms with Crippen LogP contribution in [0.4, 0.5) is 17.6 Å². The minimum atomic E-state index is -4.81. The van der Waals surface area contributed by atoms with E-state index in [9.17, 15) is 22.7 Å². The molecule has 0 spiro atoms. The van der Waals surface area contributed by atoms with Gasteiger partial charge in [0.25, 0.3) is 5.89 Å². The van der Waals surface area contributed by atoms with Crippen LogP contribution in [-0.4, -0.2) is 15.2 Å². The monoisotopic (exact) mass is 276 g/mol. The van der Waals surface area contributed by atoms with Crippen LogP contribution < -0.4 is 0 Å². The molecular formula is C11H8F4N2O2. The lowest BCUT2D eigenvalue weighted by Crippen LogP contribution is -2.08. The fourth-order valence-corrected chi connectivity index (χ4v) is 1.43. The Kier molecular flexibility index (Phi) is 3.27. The SMILES string of the molecule is CC(O)c1noc(-c2cccc(C(F)(F)F)c2F)n1. The van der Waals surface area contributed by atoms with Crippen LogP contribution in [0.2, 0.25) is 0 Å². The van der Waals surface area contributed by atoms with Crippen molar-refractivity contribution < 1.29 is 27.2 Å². The van der Waals surface area contributed by atoms with E-state index in [0.29, 0.717) is 6.07 Å². The van der Waals surface area contributed by atoms with Gasteiger partial charge in [0.15, 0.2) is 5.82 Å². The molecule has 8 heteroatoms. The average molecular weight is 276 g/mol. The predicted octanol–water partition coefficient (Wildman–Crippen LogP) is 2.95. The molecule has 4 nitrogen and oxygen atoms in total. The van der Waals surface area contributed by atoms with E-state index >= 15 is 0 Å². The lowest BCUT2D eigenvalue weighted by Gasteiger charge is -2.08. The van der Waals surface area contributed by atoms with Gasteiger partial charge in [0.2, 0.25) is 0 Å². The van der Waals surface area contributed by atoms with E-state index < -0.39 is 35.1 Å². The largest absolute Gasteiger partial charge is 0.419 e. The molecule has 19 heavy (non-hydrogen) atoms. The van der Waals surface area contributed by atoms with Gasteiger partial charge in [-0.25, -0.2) is 4.39 Å². The number of hydrogen-bond acceptors (Lipinski definition) is 4. The summed E-state index contributed by atoms with van der Waals surface area (Å²) in [4.78, 5) is 3.63. The van der Waals surface area contributed by atoms with Gasteiger partial charge in [0.1, 0.15) is 11.9 Å². The minimum absolute atomic E-state index is 0.133. The Morgan fingerprint density at radius 1 is 1.32 bits per heavy atom. The Bertz CT molecular complexity index is 593. The number of alkyl halides is 3. The lowest BCUT2D eigenvalue weighted by molar-refractivity contribution is -0.139. The zero-order valence-electron chi connectivity index (χ0n) is 9.57. The highest BCUT2D eigenvalue weighted by molar-refractivity contribution is 5.55. The third-order valence-electron chi connectivity index (χ3n) is 2.35. The van der Waals surface area contributed by atoms with E-state index in [1.807, 2.05) is 0 Å². The smallest absolute Gasteiger partial charge is 0.385 e. The molecule has 1 aromatic heterocycles. The third kappa shape index (κ3) is 2.58. The number of halogens is 4. The molecule has 0 saturated carbocycles. The molecule has 2 rings (SSSR count). The number of rotatable bonds is 2. The van der Waals surface area contributed by atoms with E-state index in [1.54, 1.807) is 0 Å². The highest BCUT2D eigenvalue weighted by atomic mass is 19.4. The van der Waals surface area contributed by atoms with Crippen LogP contribution in [0.1, 0.15) is 24.4 Å². The zero-order valence-corrected chi connectivity index (χ0v) is 9.57. The van der Waals surface area contributed by atoms with Crippen molar-refractivity contribution in [1.29, 1.82) is 0 Å². The van der Waals surface area contributed by atoms with Crippen molar-refractivity contribution in [3.63, 3.8) is 0 Å². The molecule has 0 bridgehead atoms. The fourth-order valence-electron chi connectivity index (χ4n) is 1.43. The molecule has 0 amide bonds. The van der Waals surface area contributed by atoms with Crippen LogP contribution in [0, 0.1) is 5.82 Å². The van der Waals surface area contributed by atoms with Gasteiger partial charge < -0.3 is 9.63 Å². The van der Waals surface area contributed by atoms with Crippen LogP contribution in [0.3, 0.4) is 0 Å². The molecule has 1 heterocycles. The number of nitrogens with zero attached hydrogens (tertiary/aromatic N) is 2. The Morgan fingerprint density at radius 2 is 2.00 bits per heavy atom. The summed E-state index contributed by atoms with van der Waals surface area (Å²) in [5.74, 6) is -2.04. The number of aromatic nitrogens is 2. The molecule has 0 aliphatic heterocycles. The van der Waals surface area contributed by atoms with E-state index in [0.717, 1.165) is 12.1 Å². The highest BCUT2D eigenvalue weighted by Gasteiger charge is 2.35.